The maximum atomic E-state index is 4.59. The maximum absolute atomic E-state index is 4.59. The summed E-state index contributed by atoms with van der Waals surface area (Å²) in [6.07, 6.45) is 6.95. The number of nitrogens with one attached hydrogen (secondary N) is 1. The highest BCUT2D eigenvalue weighted by Crippen LogP contribution is 2.37. The average molecular weight is 232 g/mol. The quantitative estimate of drug-likeness (QED) is 0.762. The molecule has 17 heavy (non-hydrogen) atoms. The van der Waals surface area contributed by atoms with Gasteiger partial charge in [0.1, 0.15) is 0 Å². The second-order valence-corrected chi connectivity index (χ2v) is 5.21. The summed E-state index contributed by atoms with van der Waals surface area (Å²) in [4.78, 5) is 4.59. The first-order chi connectivity index (χ1) is 8.33. The molecule has 2 nitrogen and oxygen atoms in total. The van der Waals surface area contributed by atoms with Crippen LogP contribution in [0.25, 0.3) is 0 Å². The molecule has 1 aliphatic rings. The summed E-state index contributed by atoms with van der Waals surface area (Å²) in [5, 5.41) is 3.49. The van der Waals surface area contributed by atoms with E-state index in [9.17, 15) is 0 Å². The van der Waals surface area contributed by atoms with Gasteiger partial charge in [0.25, 0.3) is 0 Å². The summed E-state index contributed by atoms with van der Waals surface area (Å²) in [6.45, 7) is 6.88. The van der Waals surface area contributed by atoms with Crippen molar-refractivity contribution in [2.24, 2.45) is 5.92 Å². The molecule has 1 aromatic rings. The fraction of sp³-hybridized carbons (Fsp3) is 0.667. The normalized spacial score (nSPS) is 20.2. The SMILES string of the molecule is CCCNCCC(C)C1CCc2cccnc21. The van der Waals surface area contributed by atoms with Crippen LogP contribution in [0, 0.1) is 5.92 Å². The van der Waals surface area contributed by atoms with Crippen LogP contribution in [-0.4, -0.2) is 18.1 Å². The van der Waals surface area contributed by atoms with Gasteiger partial charge < -0.3 is 5.32 Å². The zero-order valence-corrected chi connectivity index (χ0v) is 11.1. The van der Waals surface area contributed by atoms with E-state index in [0.717, 1.165) is 19.0 Å². The zero-order valence-electron chi connectivity index (χ0n) is 11.1. The number of hydrogen-bond acceptors (Lipinski definition) is 2. The number of aromatic nitrogens is 1. The molecule has 0 radical (unpaired) electrons. The smallest absolute Gasteiger partial charge is 0.0469 e. The first-order valence-electron chi connectivity index (χ1n) is 6.97. The van der Waals surface area contributed by atoms with E-state index in [0.29, 0.717) is 5.92 Å². The summed E-state index contributed by atoms with van der Waals surface area (Å²) >= 11 is 0. The Morgan fingerprint density at radius 2 is 2.35 bits per heavy atom. The van der Waals surface area contributed by atoms with E-state index in [2.05, 4.69) is 36.3 Å². The lowest BCUT2D eigenvalue weighted by Crippen LogP contribution is -2.20. The summed E-state index contributed by atoms with van der Waals surface area (Å²) in [5.74, 6) is 1.44. The number of nitrogens with zero attached hydrogens (tertiary/aromatic N) is 1. The van der Waals surface area contributed by atoms with Crippen molar-refractivity contribution < 1.29 is 0 Å². The van der Waals surface area contributed by atoms with Gasteiger partial charge in [-0.15, -0.1) is 0 Å². The molecule has 1 aliphatic carbocycles. The number of pyridine rings is 1. The van der Waals surface area contributed by atoms with E-state index in [-0.39, 0.29) is 0 Å². The molecule has 0 bridgehead atoms. The molecular weight excluding hydrogens is 208 g/mol. The predicted molar refractivity (Wildman–Crippen MR) is 72.2 cm³/mol. The Kier molecular flexibility index (Phi) is 4.55. The molecule has 1 N–H and O–H groups in total. The zero-order chi connectivity index (χ0) is 12.1. The summed E-state index contributed by atoms with van der Waals surface area (Å²) in [7, 11) is 0. The van der Waals surface area contributed by atoms with Gasteiger partial charge in [0.05, 0.1) is 0 Å². The molecule has 0 saturated heterocycles. The van der Waals surface area contributed by atoms with Crippen molar-refractivity contribution in [1.82, 2.24) is 10.3 Å². The van der Waals surface area contributed by atoms with E-state index >= 15 is 0 Å². The van der Waals surface area contributed by atoms with Crippen LogP contribution >= 0.6 is 0 Å². The third-order valence-electron chi connectivity index (χ3n) is 3.89. The van der Waals surface area contributed by atoms with Gasteiger partial charge in [-0.1, -0.05) is 19.9 Å². The molecule has 2 unspecified atom stereocenters. The lowest BCUT2D eigenvalue weighted by Gasteiger charge is -2.19. The highest BCUT2D eigenvalue weighted by atomic mass is 14.8. The van der Waals surface area contributed by atoms with Crippen molar-refractivity contribution in [2.75, 3.05) is 13.1 Å². The van der Waals surface area contributed by atoms with Gasteiger partial charge in [0.15, 0.2) is 0 Å². The molecule has 1 aromatic heterocycles. The fourth-order valence-corrected chi connectivity index (χ4v) is 2.83. The highest BCUT2D eigenvalue weighted by molar-refractivity contribution is 5.28. The van der Waals surface area contributed by atoms with Crippen LogP contribution in [0.2, 0.25) is 0 Å². The van der Waals surface area contributed by atoms with Crippen LogP contribution in [0.4, 0.5) is 0 Å². The first-order valence-corrected chi connectivity index (χ1v) is 6.97. The van der Waals surface area contributed by atoms with E-state index in [1.807, 2.05) is 6.20 Å². The van der Waals surface area contributed by atoms with Crippen molar-refractivity contribution in [3.63, 3.8) is 0 Å². The molecular formula is C15H24N2. The largest absolute Gasteiger partial charge is 0.317 e. The molecule has 1 heterocycles. The second kappa shape index (κ2) is 6.15. The van der Waals surface area contributed by atoms with Gasteiger partial charge in [-0.2, -0.15) is 0 Å². The number of fused-ring (bicyclic) bond motifs is 1. The lowest BCUT2D eigenvalue weighted by atomic mass is 9.89. The molecule has 0 spiro atoms. The topological polar surface area (TPSA) is 24.9 Å². The minimum atomic E-state index is 0.689. The van der Waals surface area contributed by atoms with Gasteiger partial charge in [0, 0.05) is 17.8 Å². The van der Waals surface area contributed by atoms with Gasteiger partial charge in [-0.3, -0.25) is 4.98 Å². The Hall–Kier alpha value is -0.890. The monoisotopic (exact) mass is 232 g/mol. The van der Waals surface area contributed by atoms with Crippen molar-refractivity contribution in [3.05, 3.63) is 29.6 Å². The minimum absolute atomic E-state index is 0.689. The predicted octanol–water partition coefficient (Wildman–Crippen LogP) is 3.14. The average Bonchev–Trinajstić information content (AvgIpc) is 2.78. The van der Waals surface area contributed by atoms with Gasteiger partial charge in [-0.05, 0) is 56.3 Å². The third-order valence-corrected chi connectivity index (χ3v) is 3.89. The van der Waals surface area contributed by atoms with Crippen LogP contribution in [-0.2, 0) is 6.42 Å². The van der Waals surface area contributed by atoms with Crippen LogP contribution in [0.15, 0.2) is 18.3 Å². The molecule has 0 saturated carbocycles. The van der Waals surface area contributed by atoms with Crippen LogP contribution < -0.4 is 5.32 Å². The molecule has 2 heteroatoms. The van der Waals surface area contributed by atoms with E-state index in [1.54, 1.807) is 0 Å². The lowest BCUT2D eigenvalue weighted by molar-refractivity contribution is 0.409. The first kappa shape index (κ1) is 12.6. The van der Waals surface area contributed by atoms with Gasteiger partial charge in [0.2, 0.25) is 0 Å². The second-order valence-electron chi connectivity index (χ2n) is 5.21. The van der Waals surface area contributed by atoms with E-state index < -0.39 is 0 Å². The Bertz CT molecular complexity index is 349. The molecule has 94 valence electrons. The number of hydrogen-bond donors (Lipinski definition) is 1. The van der Waals surface area contributed by atoms with Crippen molar-refractivity contribution in [2.45, 2.75) is 45.4 Å². The fourth-order valence-electron chi connectivity index (χ4n) is 2.83. The molecule has 0 aromatic carbocycles. The Balaban J connectivity index is 1.87. The summed E-state index contributed by atoms with van der Waals surface area (Å²) < 4.78 is 0. The Morgan fingerprint density at radius 3 is 3.18 bits per heavy atom. The third kappa shape index (κ3) is 3.06. The molecule has 2 rings (SSSR count). The van der Waals surface area contributed by atoms with E-state index in [4.69, 9.17) is 0 Å². The number of aryl methyl sites for hydroxylation is 1. The summed E-state index contributed by atoms with van der Waals surface area (Å²) in [5.41, 5.74) is 2.85. The highest BCUT2D eigenvalue weighted by Gasteiger charge is 2.27. The number of rotatable bonds is 6. The van der Waals surface area contributed by atoms with Crippen LogP contribution in [0.5, 0.6) is 0 Å². The Morgan fingerprint density at radius 1 is 1.47 bits per heavy atom. The maximum Gasteiger partial charge on any atom is 0.0469 e. The Labute approximate surface area is 105 Å². The van der Waals surface area contributed by atoms with Crippen molar-refractivity contribution in [3.8, 4) is 0 Å². The van der Waals surface area contributed by atoms with Crippen LogP contribution in [0.1, 0.15) is 50.3 Å². The molecule has 0 aliphatic heterocycles. The molecule has 0 fully saturated rings. The minimum Gasteiger partial charge on any atom is -0.317 e. The standard InChI is InChI=1S/C15H24N2/c1-3-9-16-11-8-12(2)14-7-6-13-5-4-10-17-15(13)14/h4-5,10,12,14,16H,3,6-9,11H2,1-2H3. The van der Waals surface area contributed by atoms with Crippen molar-refractivity contribution >= 4 is 0 Å². The van der Waals surface area contributed by atoms with Gasteiger partial charge in [-0.25, -0.2) is 0 Å². The van der Waals surface area contributed by atoms with Gasteiger partial charge >= 0.3 is 0 Å². The molecule has 0 amide bonds. The summed E-state index contributed by atoms with van der Waals surface area (Å²) in [6, 6.07) is 4.30. The van der Waals surface area contributed by atoms with Crippen LogP contribution in [0.3, 0.4) is 0 Å². The molecule has 2 atom stereocenters. The van der Waals surface area contributed by atoms with Crippen molar-refractivity contribution in [1.29, 1.82) is 0 Å². The van der Waals surface area contributed by atoms with E-state index in [1.165, 1.54) is 36.9 Å².